The molecule has 0 atom stereocenters. The molecule has 9 aromatic rings. The van der Waals surface area contributed by atoms with Gasteiger partial charge in [0.2, 0.25) is 0 Å². The van der Waals surface area contributed by atoms with Crippen LogP contribution in [0.3, 0.4) is 0 Å². The Hall–Kier alpha value is -5.66. The van der Waals surface area contributed by atoms with Crippen molar-refractivity contribution in [2.75, 3.05) is 0 Å². The Labute approximate surface area is 249 Å². The van der Waals surface area contributed by atoms with Gasteiger partial charge in [-0.3, -0.25) is 0 Å². The van der Waals surface area contributed by atoms with Gasteiger partial charge in [0.25, 0.3) is 0 Å². The van der Waals surface area contributed by atoms with Gasteiger partial charge in [0.05, 0.1) is 0 Å². The third kappa shape index (κ3) is 3.72. The monoisotopic (exact) mass is 546 g/mol. The van der Waals surface area contributed by atoms with Crippen molar-refractivity contribution in [3.8, 4) is 33.4 Å². The summed E-state index contributed by atoms with van der Waals surface area (Å²) in [6, 6.07) is 56.7. The minimum Gasteiger partial charge on any atom is -0.456 e. The van der Waals surface area contributed by atoms with Crippen molar-refractivity contribution in [3.63, 3.8) is 0 Å². The maximum Gasteiger partial charge on any atom is 0.136 e. The zero-order valence-electron chi connectivity index (χ0n) is 23.4. The normalized spacial score (nSPS) is 11.7. The fraction of sp³-hybridized carbons (Fsp3) is 0. The number of furan rings is 1. The Bertz CT molecular complexity index is 2430. The summed E-state index contributed by atoms with van der Waals surface area (Å²) < 4.78 is 6.59. The second kappa shape index (κ2) is 9.44. The molecular formula is C42H26O. The van der Waals surface area contributed by atoms with Gasteiger partial charge in [0, 0.05) is 10.8 Å². The minimum atomic E-state index is 0.909. The summed E-state index contributed by atoms with van der Waals surface area (Å²) in [7, 11) is 0. The van der Waals surface area contributed by atoms with Crippen LogP contribution in [0.4, 0.5) is 0 Å². The van der Waals surface area contributed by atoms with E-state index < -0.39 is 0 Å². The standard InChI is InChI=1S/C42H26O/c1-3-12-27(13-4-1)29-22-23-30-25-37-39(26-31(30)24-29)43-38-21-11-20-36(42(37)38)41-34-18-9-7-16-32(34)40(28-14-5-2-6-15-28)33-17-8-10-19-35(33)41/h1-26H. The highest BCUT2D eigenvalue weighted by molar-refractivity contribution is 6.26. The SMILES string of the molecule is c1ccc(-c2ccc3cc4c(cc3c2)oc2cccc(-c3c5ccccc5c(-c5ccccc5)c5ccccc35)c24)cc1. The Kier molecular flexibility index (Phi) is 5.27. The number of rotatable bonds is 3. The highest BCUT2D eigenvalue weighted by atomic mass is 16.3. The molecule has 0 amide bonds. The summed E-state index contributed by atoms with van der Waals surface area (Å²) in [5.74, 6) is 0. The maximum absolute atomic E-state index is 6.59. The second-order valence-corrected chi connectivity index (χ2v) is 11.3. The van der Waals surface area contributed by atoms with E-state index in [-0.39, 0.29) is 0 Å². The smallest absolute Gasteiger partial charge is 0.136 e. The molecule has 1 heteroatoms. The van der Waals surface area contributed by atoms with Gasteiger partial charge in [-0.05, 0) is 90.0 Å². The summed E-state index contributed by atoms with van der Waals surface area (Å²) >= 11 is 0. The van der Waals surface area contributed by atoms with E-state index in [0.29, 0.717) is 0 Å². The lowest BCUT2D eigenvalue weighted by Gasteiger charge is -2.18. The molecule has 0 aliphatic carbocycles. The molecule has 1 nitrogen and oxygen atoms in total. The van der Waals surface area contributed by atoms with Crippen LogP contribution in [0.2, 0.25) is 0 Å². The number of fused-ring (bicyclic) bond motifs is 6. The van der Waals surface area contributed by atoms with Gasteiger partial charge in [0.1, 0.15) is 11.2 Å². The van der Waals surface area contributed by atoms with Crippen molar-refractivity contribution >= 4 is 54.3 Å². The van der Waals surface area contributed by atoms with Crippen molar-refractivity contribution in [1.29, 1.82) is 0 Å². The highest BCUT2D eigenvalue weighted by Gasteiger charge is 2.20. The predicted octanol–water partition coefficient (Wildman–Crippen LogP) is 12.0. The van der Waals surface area contributed by atoms with E-state index >= 15 is 0 Å². The topological polar surface area (TPSA) is 13.1 Å². The average Bonchev–Trinajstić information content (AvgIpc) is 3.44. The molecule has 0 aliphatic heterocycles. The Morgan fingerprint density at radius 2 is 0.930 bits per heavy atom. The second-order valence-electron chi connectivity index (χ2n) is 11.3. The zero-order chi connectivity index (χ0) is 28.3. The molecule has 8 aromatic carbocycles. The van der Waals surface area contributed by atoms with Crippen LogP contribution in [0, 0.1) is 0 Å². The summed E-state index contributed by atoms with van der Waals surface area (Å²) in [5, 5.41) is 9.69. The highest BCUT2D eigenvalue weighted by Crippen LogP contribution is 2.47. The first-order valence-corrected chi connectivity index (χ1v) is 14.8. The summed E-state index contributed by atoms with van der Waals surface area (Å²) in [6.45, 7) is 0. The van der Waals surface area contributed by atoms with E-state index in [2.05, 4.69) is 158 Å². The van der Waals surface area contributed by atoms with E-state index in [1.54, 1.807) is 0 Å². The van der Waals surface area contributed by atoms with E-state index in [4.69, 9.17) is 4.42 Å². The Morgan fingerprint density at radius 3 is 1.60 bits per heavy atom. The minimum absolute atomic E-state index is 0.909. The van der Waals surface area contributed by atoms with Gasteiger partial charge in [-0.2, -0.15) is 0 Å². The predicted molar refractivity (Wildman–Crippen MR) is 183 cm³/mol. The maximum atomic E-state index is 6.59. The van der Waals surface area contributed by atoms with E-state index in [0.717, 1.165) is 21.9 Å². The van der Waals surface area contributed by atoms with E-state index in [1.807, 2.05) is 0 Å². The zero-order valence-corrected chi connectivity index (χ0v) is 23.4. The fourth-order valence-corrected chi connectivity index (χ4v) is 6.92. The number of hydrogen-bond acceptors (Lipinski definition) is 1. The molecule has 0 bridgehead atoms. The summed E-state index contributed by atoms with van der Waals surface area (Å²) in [5.41, 5.74) is 9.20. The third-order valence-corrected chi connectivity index (χ3v) is 8.82. The van der Waals surface area contributed by atoms with Crippen LogP contribution < -0.4 is 0 Å². The molecule has 0 N–H and O–H groups in total. The molecule has 0 saturated carbocycles. The largest absolute Gasteiger partial charge is 0.456 e. The molecule has 0 unspecified atom stereocenters. The molecule has 200 valence electrons. The van der Waals surface area contributed by atoms with E-state index in [1.165, 1.54) is 65.7 Å². The van der Waals surface area contributed by atoms with Gasteiger partial charge in [-0.1, -0.05) is 133 Å². The van der Waals surface area contributed by atoms with Gasteiger partial charge < -0.3 is 4.42 Å². The molecule has 0 fully saturated rings. The average molecular weight is 547 g/mol. The van der Waals surface area contributed by atoms with Crippen molar-refractivity contribution in [2.45, 2.75) is 0 Å². The van der Waals surface area contributed by atoms with Crippen LogP contribution in [-0.4, -0.2) is 0 Å². The van der Waals surface area contributed by atoms with Crippen LogP contribution in [0.15, 0.2) is 162 Å². The molecule has 1 heterocycles. The summed E-state index contributed by atoms with van der Waals surface area (Å²) in [6.07, 6.45) is 0. The first-order valence-electron chi connectivity index (χ1n) is 14.8. The van der Waals surface area contributed by atoms with Crippen LogP contribution in [0.1, 0.15) is 0 Å². The van der Waals surface area contributed by atoms with Crippen LogP contribution in [0.5, 0.6) is 0 Å². The molecule has 43 heavy (non-hydrogen) atoms. The van der Waals surface area contributed by atoms with Crippen molar-refractivity contribution < 1.29 is 4.42 Å². The lowest BCUT2D eigenvalue weighted by Crippen LogP contribution is -1.91. The quantitative estimate of drug-likeness (QED) is 0.201. The van der Waals surface area contributed by atoms with E-state index in [9.17, 15) is 0 Å². The molecule has 9 rings (SSSR count). The summed E-state index contributed by atoms with van der Waals surface area (Å²) in [4.78, 5) is 0. The van der Waals surface area contributed by atoms with Gasteiger partial charge >= 0.3 is 0 Å². The van der Waals surface area contributed by atoms with Crippen molar-refractivity contribution in [3.05, 3.63) is 158 Å². The van der Waals surface area contributed by atoms with Crippen LogP contribution >= 0.6 is 0 Å². The lowest BCUT2D eigenvalue weighted by atomic mass is 9.85. The van der Waals surface area contributed by atoms with Crippen LogP contribution in [0.25, 0.3) is 87.6 Å². The van der Waals surface area contributed by atoms with Gasteiger partial charge in [-0.15, -0.1) is 0 Å². The lowest BCUT2D eigenvalue weighted by molar-refractivity contribution is 0.669. The van der Waals surface area contributed by atoms with Crippen molar-refractivity contribution in [2.24, 2.45) is 0 Å². The van der Waals surface area contributed by atoms with Crippen LogP contribution in [-0.2, 0) is 0 Å². The molecular weight excluding hydrogens is 520 g/mol. The van der Waals surface area contributed by atoms with Crippen molar-refractivity contribution in [1.82, 2.24) is 0 Å². The Balaban J connectivity index is 1.36. The molecule has 0 radical (unpaired) electrons. The first-order chi connectivity index (χ1) is 21.3. The first kappa shape index (κ1) is 24.0. The molecule has 0 spiro atoms. The molecule has 0 saturated heterocycles. The number of hydrogen-bond donors (Lipinski definition) is 0. The Morgan fingerprint density at radius 1 is 0.326 bits per heavy atom. The molecule has 0 aliphatic rings. The number of benzene rings is 8. The fourth-order valence-electron chi connectivity index (χ4n) is 6.92. The van der Waals surface area contributed by atoms with Gasteiger partial charge in [-0.25, -0.2) is 0 Å². The molecule has 1 aromatic heterocycles. The third-order valence-electron chi connectivity index (χ3n) is 8.82. The van der Waals surface area contributed by atoms with Gasteiger partial charge in [0.15, 0.2) is 0 Å².